The average molecular weight is 422 g/mol. The fourth-order valence-electron chi connectivity index (χ4n) is 3.33. The monoisotopic (exact) mass is 421 g/mol. The molecule has 0 saturated heterocycles. The van der Waals surface area contributed by atoms with Crippen molar-refractivity contribution < 1.29 is 18.6 Å². The Morgan fingerprint density at radius 2 is 1.86 bits per heavy atom. The molecular weight excluding hydrogens is 397 g/mol. The number of benzene rings is 2. The molecule has 8 heteroatoms. The number of methoxy groups -OCH3 is 3. The summed E-state index contributed by atoms with van der Waals surface area (Å²) in [5.74, 6) is 2.10. The van der Waals surface area contributed by atoms with E-state index < -0.39 is 0 Å². The second kappa shape index (κ2) is 9.22. The zero-order valence-corrected chi connectivity index (χ0v) is 17.6. The van der Waals surface area contributed by atoms with Gasteiger partial charge in [0.2, 0.25) is 5.75 Å². The number of nitrogens with zero attached hydrogens (tertiary/aromatic N) is 1. The molecule has 0 radical (unpaired) electrons. The molecule has 2 aromatic rings. The lowest BCUT2D eigenvalue weighted by Gasteiger charge is -2.16. The number of nitrogens with one attached hydrogen (secondary N) is 2. The first-order valence-electron chi connectivity index (χ1n) is 9.22. The predicted octanol–water partition coefficient (Wildman–Crippen LogP) is 3.73. The fourth-order valence-corrected chi connectivity index (χ4v) is 3.64. The van der Waals surface area contributed by atoms with Crippen LogP contribution in [0.1, 0.15) is 23.5 Å². The van der Waals surface area contributed by atoms with Gasteiger partial charge in [0.25, 0.3) is 0 Å². The topological polar surface area (TPSA) is 64.1 Å². The summed E-state index contributed by atoms with van der Waals surface area (Å²) in [5.41, 5.74) is 1.50. The minimum absolute atomic E-state index is 0.0309. The Labute approximate surface area is 175 Å². The number of rotatable bonds is 7. The van der Waals surface area contributed by atoms with Gasteiger partial charge in [-0.3, -0.25) is 4.99 Å². The second-order valence-electron chi connectivity index (χ2n) is 6.69. The Kier molecular flexibility index (Phi) is 6.69. The quantitative estimate of drug-likeness (QED) is 0.527. The minimum Gasteiger partial charge on any atom is -0.493 e. The molecule has 2 unspecified atom stereocenters. The van der Waals surface area contributed by atoms with Crippen LogP contribution < -0.4 is 24.8 Å². The van der Waals surface area contributed by atoms with Crippen LogP contribution in [0.15, 0.2) is 35.3 Å². The Balaban J connectivity index is 1.64. The Morgan fingerprint density at radius 3 is 2.41 bits per heavy atom. The molecule has 0 bridgehead atoms. The van der Waals surface area contributed by atoms with Crippen molar-refractivity contribution in [2.45, 2.75) is 24.9 Å². The van der Waals surface area contributed by atoms with E-state index in [2.05, 4.69) is 15.6 Å². The molecular formula is C21H25ClFN3O3. The summed E-state index contributed by atoms with van der Waals surface area (Å²) in [5, 5.41) is 7.04. The lowest BCUT2D eigenvalue weighted by Crippen LogP contribution is -2.38. The highest BCUT2D eigenvalue weighted by Gasteiger charge is 2.41. The zero-order chi connectivity index (χ0) is 21.0. The predicted molar refractivity (Wildman–Crippen MR) is 112 cm³/mol. The molecule has 1 aliphatic carbocycles. The van der Waals surface area contributed by atoms with Crippen molar-refractivity contribution in [2.24, 2.45) is 4.99 Å². The van der Waals surface area contributed by atoms with Crippen molar-refractivity contribution >= 4 is 17.6 Å². The van der Waals surface area contributed by atoms with Crippen LogP contribution in [-0.2, 0) is 6.54 Å². The minimum atomic E-state index is -0.271. The normalized spacial score (nSPS) is 18.2. The number of aliphatic imine (C=N–C) groups is 1. The van der Waals surface area contributed by atoms with Crippen molar-refractivity contribution in [2.75, 3.05) is 28.4 Å². The highest BCUT2D eigenvalue weighted by atomic mass is 35.5. The van der Waals surface area contributed by atoms with Crippen molar-refractivity contribution in [3.8, 4) is 17.2 Å². The summed E-state index contributed by atoms with van der Waals surface area (Å²) in [6.07, 6.45) is 0.797. The maximum Gasteiger partial charge on any atom is 0.203 e. The highest BCUT2D eigenvalue weighted by molar-refractivity contribution is 6.31. The summed E-state index contributed by atoms with van der Waals surface area (Å²) in [6.45, 7) is 0.494. The Morgan fingerprint density at radius 1 is 1.17 bits per heavy atom. The summed E-state index contributed by atoms with van der Waals surface area (Å²) < 4.78 is 30.2. The van der Waals surface area contributed by atoms with Crippen LogP contribution in [0.3, 0.4) is 0 Å². The third kappa shape index (κ3) is 4.67. The van der Waals surface area contributed by atoms with Gasteiger partial charge in [0.15, 0.2) is 17.5 Å². The van der Waals surface area contributed by atoms with Crippen LogP contribution in [0.2, 0.25) is 5.02 Å². The van der Waals surface area contributed by atoms with Gasteiger partial charge in [0.05, 0.1) is 21.3 Å². The Bertz CT molecular complexity index is 861. The van der Waals surface area contributed by atoms with Gasteiger partial charge >= 0.3 is 0 Å². The van der Waals surface area contributed by atoms with E-state index >= 15 is 0 Å². The third-order valence-electron chi connectivity index (χ3n) is 4.89. The van der Waals surface area contributed by atoms with E-state index in [1.807, 2.05) is 12.1 Å². The fraction of sp³-hybridized carbons (Fsp3) is 0.381. The first-order chi connectivity index (χ1) is 14.0. The SMILES string of the molecule is CN=C(NCc1cc(OC)c(OC)c(OC)c1)NC1CC1c1c(F)cccc1Cl. The maximum absolute atomic E-state index is 14.1. The number of halogens is 2. The molecule has 2 atom stereocenters. The lowest BCUT2D eigenvalue weighted by molar-refractivity contribution is 0.323. The van der Waals surface area contributed by atoms with E-state index in [0.717, 1.165) is 12.0 Å². The molecule has 1 aliphatic rings. The van der Waals surface area contributed by atoms with Crippen molar-refractivity contribution in [3.05, 3.63) is 52.3 Å². The highest BCUT2D eigenvalue weighted by Crippen LogP contribution is 2.45. The summed E-state index contributed by atoms with van der Waals surface area (Å²) >= 11 is 6.18. The van der Waals surface area contributed by atoms with Crippen molar-refractivity contribution in [1.82, 2.24) is 10.6 Å². The molecule has 156 valence electrons. The van der Waals surface area contributed by atoms with Gasteiger partial charge in [-0.2, -0.15) is 0 Å². The van der Waals surface area contributed by atoms with Crippen LogP contribution in [0.25, 0.3) is 0 Å². The van der Waals surface area contributed by atoms with Gasteiger partial charge in [-0.15, -0.1) is 0 Å². The number of ether oxygens (including phenoxy) is 3. The zero-order valence-electron chi connectivity index (χ0n) is 16.9. The van der Waals surface area contributed by atoms with Crippen LogP contribution in [0.5, 0.6) is 17.2 Å². The van der Waals surface area contributed by atoms with Crippen LogP contribution in [0, 0.1) is 5.82 Å². The summed E-state index contributed by atoms with van der Waals surface area (Å²) in [4.78, 5) is 4.26. The lowest BCUT2D eigenvalue weighted by atomic mass is 10.1. The smallest absolute Gasteiger partial charge is 0.203 e. The Hall–Kier alpha value is -2.67. The molecule has 0 aromatic heterocycles. The molecule has 0 amide bonds. The van der Waals surface area contributed by atoms with Gasteiger partial charge in [0.1, 0.15) is 5.82 Å². The van der Waals surface area contributed by atoms with E-state index in [4.69, 9.17) is 25.8 Å². The van der Waals surface area contributed by atoms with E-state index in [0.29, 0.717) is 40.3 Å². The molecule has 0 spiro atoms. The molecule has 2 aromatic carbocycles. The summed E-state index contributed by atoms with van der Waals surface area (Å²) in [7, 11) is 6.42. The van der Waals surface area contributed by atoms with E-state index in [9.17, 15) is 4.39 Å². The largest absolute Gasteiger partial charge is 0.493 e. The van der Waals surface area contributed by atoms with Crippen molar-refractivity contribution in [1.29, 1.82) is 0 Å². The summed E-state index contributed by atoms with van der Waals surface area (Å²) in [6, 6.07) is 8.60. The van der Waals surface area contributed by atoms with Crippen molar-refractivity contribution in [3.63, 3.8) is 0 Å². The van der Waals surface area contributed by atoms with E-state index in [1.54, 1.807) is 40.5 Å². The van der Waals surface area contributed by atoms with Gasteiger partial charge in [-0.25, -0.2) is 4.39 Å². The molecule has 1 fully saturated rings. The molecule has 6 nitrogen and oxygen atoms in total. The van der Waals surface area contributed by atoms with E-state index in [-0.39, 0.29) is 17.8 Å². The average Bonchev–Trinajstić information content (AvgIpc) is 3.48. The first kappa shape index (κ1) is 21.0. The molecule has 3 rings (SSSR count). The molecule has 29 heavy (non-hydrogen) atoms. The molecule has 0 heterocycles. The van der Waals surface area contributed by atoms with Gasteiger partial charge < -0.3 is 24.8 Å². The molecule has 2 N–H and O–H groups in total. The van der Waals surface area contributed by atoms with Crippen LogP contribution >= 0.6 is 11.6 Å². The van der Waals surface area contributed by atoms with Gasteiger partial charge in [0, 0.05) is 36.1 Å². The van der Waals surface area contributed by atoms with Crippen LogP contribution in [0.4, 0.5) is 4.39 Å². The number of hydrogen-bond acceptors (Lipinski definition) is 4. The number of guanidine groups is 1. The first-order valence-corrected chi connectivity index (χ1v) is 9.60. The third-order valence-corrected chi connectivity index (χ3v) is 5.22. The number of hydrogen-bond donors (Lipinski definition) is 2. The van der Waals surface area contributed by atoms with E-state index in [1.165, 1.54) is 6.07 Å². The molecule has 1 saturated carbocycles. The maximum atomic E-state index is 14.1. The van der Waals surface area contributed by atoms with Gasteiger partial charge in [-0.1, -0.05) is 17.7 Å². The standard InChI is InChI=1S/C21H25ClFN3O3/c1-24-21(26-16-10-13(16)19-14(22)6-5-7-15(19)23)25-11-12-8-17(27-2)20(29-4)18(9-12)28-3/h5-9,13,16H,10-11H2,1-4H3,(H2,24,25,26). The van der Waals surface area contributed by atoms with Gasteiger partial charge in [-0.05, 0) is 36.2 Å². The van der Waals surface area contributed by atoms with Crippen LogP contribution in [-0.4, -0.2) is 40.4 Å². The molecule has 0 aliphatic heterocycles. The second-order valence-corrected chi connectivity index (χ2v) is 7.09.